The van der Waals surface area contributed by atoms with E-state index in [2.05, 4.69) is 35.4 Å². The van der Waals surface area contributed by atoms with E-state index in [0.29, 0.717) is 13.1 Å². The first kappa shape index (κ1) is 21.4. The Bertz CT molecular complexity index is 828. The molecule has 2 aromatic carbocycles. The number of nitrogens with zero attached hydrogens (tertiary/aromatic N) is 2. The van der Waals surface area contributed by atoms with Crippen molar-refractivity contribution in [3.05, 3.63) is 59.7 Å². The molecule has 0 atom stereocenters. The van der Waals surface area contributed by atoms with Crippen molar-refractivity contribution in [2.24, 2.45) is 0 Å². The lowest BCUT2D eigenvalue weighted by Gasteiger charge is -2.34. The maximum absolute atomic E-state index is 12.6. The fourth-order valence-corrected chi connectivity index (χ4v) is 4.01. The van der Waals surface area contributed by atoms with E-state index in [0.717, 1.165) is 43.0 Å². The molecule has 0 spiro atoms. The molecule has 1 aliphatic rings. The van der Waals surface area contributed by atoms with E-state index in [-0.39, 0.29) is 11.7 Å². The normalized spacial score (nSPS) is 14.7. The lowest BCUT2D eigenvalue weighted by Crippen LogP contribution is -3.15. The molecule has 0 bridgehead atoms. The number of piperazine rings is 1. The molecule has 3 rings (SSSR count). The van der Waals surface area contributed by atoms with Gasteiger partial charge in [-0.25, -0.2) is 0 Å². The maximum atomic E-state index is 12.6. The summed E-state index contributed by atoms with van der Waals surface area (Å²) in [6, 6.07) is 16.2. The standard InChI is InChI=1S/C23H29N3O2S/c1-18(27)20-6-8-21(9-7-20)26-14-12-25(13-15-26)17-23(28)24(2)16-19-4-10-22(29-3)11-5-19/h4-11H,12-17H2,1-3H3/p+1. The second-order valence-electron chi connectivity index (χ2n) is 7.61. The van der Waals surface area contributed by atoms with E-state index in [4.69, 9.17) is 0 Å². The molecule has 1 amide bonds. The smallest absolute Gasteiger partial charge is 0.277 e. The number of rotatable bonds is 7. The molecule has 2 aromatic rings. The van der Waals surface area contributed by atoms with E-state index >= 15 is 0 Å². The molecule has 6 heteroatoms. The predicted molar refractivity (Wildman–Crippen MR) is 119 cm³/mol. The van der Waals surface area contributed by atoms with Crippen LogP contribution in [0.25, 0.3) is 0 Å². The van der Waals surface area contributed by atoms with Gasteiger partial charge in [0.1, 0.15) is 0 Å². The Hall–Kier alpha value is -2.31. The van der Waals surface area contributed by atoms with Gasteiger partial charge in [-0.3, -0.25) is 9.59 Å². The number of anilines is 1. The SMILES string of the molecule is CSc1ccc(CN(C)C(=O)C[NH+]2CCN(c3ccc(C(C)=O)cc3)CC2)cc1. The highest BCUT2D eigenvalue weighted by Crippen LogP contribution is 2.16. The van der Waals surface area contributed by atoms with Crippen molar-refractivity contribution < 1.29 is 14.5 Å². The van der Waals surface area contributed by atoms with Crippen LogP contribution in [0.4, 0.5) is 5.69 Å². The third-order valence-electron chi connectivity index (χ3n) is 5.52. The number of ketones is 1. The first-order valence-electron chi connectivity index (χ1n) is 10.0. The highest BCUT2D eigenvalue weighted by molar-refractivity contribution is 7.98. The van der Waals surface area contributed by atoms with Crippen LogP contribution in [0.15, 0.2) is 53.4 Å². The summed E-state index contributed by atoms with van der Waals surface area (Å²) in [5, 5.41) is 0. The zero-order valence-corrected chi connectivity index (χ0v) is 18.3. The molecule has 0 aromatic heterocycles. The number of benzene rings is 2. The topological polar surface area (TPSA) is 45.1 Å². The Labute approximate surface area is 177 Å². The third-order valence-corrected chi connectivity index (χ3v) is 6.26. The van der Waals surface area contributed by atoms with Crippen LogP contribution in [0, 0.1) is 0 Å². The quantitative estimate of drug-likeness (QED) is 0.558. The number of carbonyl (C=O) groups is 2. The summed E-state index contributed by atoms with van der Waals surface area (Å²) in [4.78, 5) is 30.8. The Balaban J connectivity index is 1.46. The van der Waals surface area contributed by atoms with Gasteiger partial charge in [-0.05, 0) is 55.1 Å². The van der Waals surface area contributed by atoms with Gasteiger partial charge in [0.15, 0.2) is 12.3 Å². The third kappa shape index (κ3) is 5.84. The second-order valence-corrected chi connectivity index (χ2v) is 8.49. The summed E-state index contributed by atoms with van der Waals surface area (Å²) < 4.78 is 0. The number of hydrogen-bond acceptors (Lipinski definition) is 4. The average Bonchev–Trinajstić information content (AvgIpc) is 2.75. The number of thioether (sulfide) groups is 1. The summed E-state index contributed by atoms with van der Waals surface area (Å²) in [5.41, 5.74) is 3.05. The largest absolute Gasteiger partial charge is 0.360 e. The Morgan fingerprint density at radius 2 is 1.66 bits per heavy atom. The molecule has 0 saturated carbocycles. The van der Waals surface area contributed by atoms with Crippen molar-refractivity contribution in [2.45, 2.75) is 18.4 Å². The van der Waals surface area contributed by atoms with Gasteiger partial charge in [-0.1, -0.05) is 12.1 Å². The van der Waals surface area contributed by atoms with Crippen LogP contribution in [0.3, 0.4) is 0 Å². The number of quaternary nitrogens is 1. The molecule has 1 aliphatic heterocycles. The monoisotopic (exact) mass is 412 g/mol. The van der Waals surface area contributed by atoms with Gasteiger partial charge in [0, 0.05) is 29.7 Å². The lowest BCUT2D eigenvalue weighted by atomic mass is 10.1. The van der Waals surface area contributed by atoms with Crippen molar-refractivity contribution >= 4 is 29.1 Å². The zero-order valence-electron chi connectivity index (χ0n) is 17.5. The molecule has 0 unspecified atom stereocenters. The molecule has 5 nitrogen and oxygen atoms in total. The molecule has 1 N–H and O–H groups in total. The molecule has 1 saturated heterocycles. The summed E-state index contributed by atoms with van der Waals surface area (Å²) in [7, 11) is 1.89. The number of amides is 1. The second kappa shape index (κ2) is 9.94. The molecule has 1 heterocycles. The molecule has 0 aliphatic carbocycles. The van der Waals surface area contributed by atoms with Crippen molar-refractivity contribution in [3.63, 3.8) is 0 Å². The van der Waals surface area contributed by atoms with Crippen LogP contribution in [-0.4, -0.2) is 62.6 Å². The van der Waals surface area contributed by atoms with Crippen molar-refractivity contribution in [2.75, 3.05) is 50.9 Å². The Morgan fingerprint density at radius 1 is 1.03 bits per heavy atom. The molecular weight excluding hydrogens is 382 g/mol. The van der Waals surface area contributed by atoms with Gasteiger partial charge < -0.3 is 14.7 Å². The number of likely N-dealkylation sites (N-methyl/N-ethyl adjacent to an activating group) is 1. The fraction of sp³-hybridized carbons (Fsp3) is 0.391. The van der Waals surface area contributed by atoms with Gasteiger partial charge in [0.05, 0.1) is 26.2 Å². The summed E-state index contributed by atoms with van der Waals surface area (Å²) >= 11 is 1.72. The molecule has 0 radical (unpaired) electrons. The van der Waals surface area contributed by atoms with Crippen molar-refractivity contribution in [1.82, 2.24) is 4.90 Å². The van der Waals surface area contributed by atoms with Gasteiger partial charge >= 0.3 is 0 Å². The van der Waals surface area contributed by atoms with Gasteiger partial charge in [0.25, 0.3) is 5.91 Å². The molecule has 1 fully saturated rings. The van der Waals surface area contributed by atoms with Gasteiger partial charge in [-0.2, -0.15) is 0 Å². The van der Waals surface area contributed by atoms with E-state index < -0.39 is 0 Å². The van der Waals surface area contributed by atoms with E-state index in [1.54, 1.807) is 18.7 Å². The summed E-state index contributed by atoms with van der Waals surface area (Å²) in [6.07, 6.45) is 2.06. The first-order chi connectivity index (χ1) is 14.0. The number of nitrogens with one attached hydrogen (secondary N) is 1. The predicted octanol–water partition coefficient (Wildman–Crippen LogP) is 1.97. The van der Waals surface area contributed by atoms with Crippen LogP contribution in [0.2, 0.25) is 0 Å². The number of Topliss-reactive ketones (excluding diaryl/α,β-unsaturated/α-hetero) is 1. The molecular formula is C23H30N3O2S+. The minimum atomic E-state index is 0.0913. The van der Waals surface area contributed by atoms with Crippen LogP contribution in [-0.2, 0) is 11.3 Å². The molecule has 29 heavy (non-hydrogen) atoms. The first-order valence-corrected chi connectivity index (χ1v) is 11.2. The van der Waals surface area contributed by atoms with E-state index in [9.17, 15) is 9.59 Å². The zero-order chi connectivity index (χ0) is 20.8. The van der Waals surface area contributed by atoms with Crippen LogP contribution in [0.1, 0.15) is 22.8 Å². The average molecular weight is 413 g/mol. The van der Waals surface area contributed by atoms with Crippen molar-refractivity contribution in [1.29, 1.82) is 0 Å². The minimum absolute atomic E-state index is 0.0913. The number of carbonyl (C=O) groups excluding carboxylic acids is 2. The van der Waals surface area contributed by atoms with Crippen LogP contribution in [0.5, 0.6) is 0 Å². The summed E-state index contributed by atoms with van der Waals surface area (Å²) in [6.45, 7) is 6.49. The highest BCUT2D eigenvalue weighted by Gasteiger charge is 2.24. The highest BCUT2D eigenvalue weighted by atomic mass is 32.2. The van der Waals surface area contributed by atoms with E-state index in [1.807, 2.05) is 36.2 Å². The van der Waals surface area contributed by atoms with Crippen molar-refractivity contribution in [3.8, 4) is 0 Å². The lowest BCUT2D eigenvalue weighted by molar-refractivity contribution is -0.892. The van der Waals surface area contributed by atoms with E-state index in [1.165, 1.54) is 9.80 Å². The Morgan fingerprint density at radius 3 is 2.21 bits per heavy atom. The molecule has 154 valence electrons. The fourth-order valence-electron chi connectivity index (χ4n) is 3.61. The van der Waals surface area contributed by atoms with Crippen LogP contribution >= 0.6 is 11.8 Å². The summed E-state index contributed by atoms with van der Waals surface area (Å²) in [5.74, 6) is 0.279. The number of hydrogen-bond donors (Lipinski definition) is 1. The maximum Gasteiger partial charge on any atom is 0.277 e. The van der Waals surface area contributed by atoms with Gasteiger partial charge in [-0.15, -0.1) is 11.8 Å². The Kier molecular flexibility index (Phi) is 7.34. The van der Waals surface area contributed by atoms with Gasteiger partial charge in [0.2, 0.25) is 0 Å². The van der Waals surface area contributed by atoms with Crippen LogP contribution < -0.4 is 9.80 Å². The minimum Gasteiger partial charge on any atom is -0.360 e.